The van der Waals surface area contributed by atoms with Crippen molar-refractivity contribution >= 4 is 40.3 Å². The zero-order chi connectivity index (χ0) is 16.4. The molecule has 0 aromatic heterocycles. The molecular weight excluding hydrogens is 326 g/mol. The lowest BCUT2D eigenvalue weighted by Crippen LogP contribution is -2.29. The zero-order valence-corrected chi connectivity index (χ0v) is 14.9. The van der Waals surface area contributed by atoms with E-state index in [0.717, 1.165) is 29.7 Å². The maximum atomic E-state index is 12.5. The van der Waals surface area contributed by atoms with E-state index in [4.69, 9.17) is 17.0 Å². The summed E-state index contributed by atoms with van der Waals surface area (Å²) in [7, 11) is 0. The third kappa shape index (κ3) is 3.35. The van der Waals surface area contributed by atoms with Crippen LogP contribution in [0.4, 0.5) is 0 Å². The number of nitrogens with zero attached hydrogens (tertiary/aromatic N) is 1. The molecular formula is C18H19NO2S2. The predicted molar refractivity (Wildman–Crippen MR) is 99.4 cm³/mol. The minimum Gasteiger partial charge on any atom is -0.485 e. The van der Waals surface area contributed by atoms with Gasteiger partial charge in [-0.3, -0.25) is 9.69 Å². The number of amides is 1. The van der Waals surface area contributed by atoms with Gasteiger partial charge >= 0.3 is 0 Å². The topological polar surface area (TPSA) is 29.5 Å². The van der Waals surface area contributed by atoms with E-state index in [1.807, 2.05) is 37.3 Å². The van der Waals surface area contributed by atoms with Crippen molar-refractivity contribution in [2.75, 3.05) is 6.54 Å². The first-order valence-electron chi connectivity index (χ1n) is 7.82. The van der Waals surface area contributed by atoms with Gasteiger partial charge in [-0.1, -0.05) is 55.5 Å². The molecule has 5 heteroatoms. The van der Waals surface area contributed by atoms with Crippen LogP contribution in [0, 0.1) is 0 Å². The third-order valence-electron chi connectivity index (χ3n) is 3.92. The van der Waals surface area contributed by atoms with Crippen molar-refractivity contribution in [1.82, 2.24) is 4.90 Å². The lowest BCUT2D eigenvalue weighted by atomic mass is 10.0. The lowest BCUT2D eigenvalue weighted by molar-refractivity contribution is -0.122. The smallest absolute Gasteiger partial charge is 0.266 e. The van der Waals surface area contributed by atoms with Gasteiger partial charge in [-0.05, 0) is 37.1 Å². The molecule has 2 heterocycles. The maximum absolute atomic E-state index is 12.5. The van der Waals surface area contributed by atoms with Gasteiger partial charge in [0.2, 0.25) is 0 Å². The van der Waals surface area contributed by atoms with Crippen LogP contribution in [0.25, 0.3) is 6.08 Å². The predicted octanol–water partition coefficient (Wildman–Crippen LogP) is 4.40. The number of fused-ring (bicyclic) bond motifs is 1. The van der Waals surface area contributed by atoms with Gasteiger partial charge in [0.1, 0.15) is 16.2 Å². The van der Waals surface area contributed by atoms with E-state index in [2.05, 4.69) is 13.0 Å². The number of rotatable bonds is 4. The molecule has 0 unspecified atom stereocenters. The van der Waals surface area contributed by atoms with Crippen LogP contribution < -0.4 is 4.74 Å². The summed E-state index contributed by atoms with van der Waals surface area (Å²) in [4.78, 5) is 14.9. The van der Waals surface area contributed by atoms with Crippen LogP contribution in [0.15, 0.2) is 40.8 Å². The highest BCUT2D eigenvalue weighted by Crippen LogP contribution is 2.35. The highest BCUT2D eigenvalue weighted by atomic mass is 32.2. The molecule has 0 N–H and O–H groups in total. The summed E-state index contributed by atoms with van der Waals surface area (Å²) in [5.41, 5.74) is 2.04. The van der Waals surface area contributed by atoms with Crippen LogP contribution in [-0.4, -0.2) is 27.8 Å². The summed E-state index contributed by atoms with van der Waals surface area (Å²) < 4.78 is 6.58. The maximum Gasteiger partial charge on any atom is 0.266 e. The standard InChI is InChI=1S/C18H19NO2S2/c1-3-4-9-19-17(20)16(23-18(19)22)11-14-10-13-7-5-6-8-15(13)21-12(14)2/h5-8,10-12H,3-4,9H2,1-2H3/b16-11-/t12-/m0/s1. The van der Waals surface area contributed by atoms with Crippen molar-refractivity contribution in [2.24, 2.45) is 0 Å². The Kier molecular flexibility index (Phi) is 4.87. The Morgan fingerprint density at radius 1 is 1.39 bits per heavy atom. The molecule has 3 rings (SSSR count). The summed E-state index contributed by atoms with van der Waals surface area (Å²) in [5.74, 6) is 0.896. The number of para-hydroxylation sites is 1. The van der Waals surface area contributed by atoms with E-state index in [-0.39, 0.29) is 12.0 Å². The van der Waals surface area contributed by atoms with Crippen LogP contribution in [0.2, 0.25) is 0 Å². The van der Waals surface area contributed by atoms with Gasteiger partial charge in [-0.15, -0.1) is 0 Å². The first kappa shape index (κ1) is 16.3. The number of hydrogen-bond acceptors (Lipinski definition) is 4. The second-order valence-electron chi connectivity index (χ2n) is 5.63. The van der Waals surface area contributed by atoms with E-state index < -0.39 is 0 Å². The van der Waals surface area contributed by atoms with Gasteiger partial charge in [-0.25, -0.2) is 0 Å². The van der Waals surface area contributed by atoms with Crippen LogP contribution in [0.5, 0.6) is 5.75 Å². The van der Waals surface area contributed by atoms with Gasteiger partial charge in [-0.2, -0.15) is 0 Å². The van der Waals surface area contributed by atoms with Crippen LogP contribution >= 0.6 is 24.0 Å². The fourth-order valence-corrected chi connectivity index (χ4v) is 3.89. The number of thiocarbonyl (C=S) groups is 1. The van der Waals surface area contributed by atoms with Crippen molar-refractivity contribution < 1.29 is 9.53 Å². The second-order valence-corrected chi connectivity index (χ2v) is 7.30. The molecule has 0 radical (unpaired) electrons. The average Bonchev–Trinajstić information content (AvgIpc) is 2.80. The van der Waals surface area contributed by atoms with Crippen molar-refractivity contribution in [2.45, 2.75) is 32.8 Å². The Morgan fingerprint density at radius 3 is 2.96 bits per heavy atom. The Bertz CT molecular complexity index is 709. The molecule has 1 aromatic rings. The SMILES string of the molecule is CCCCN1C(=O)/C(=C/C2=Cc3ccccc3O[C@H]2C)SC1=S. The summed E-state index contributed by atoms with van der Waals surface area (Å²) in [6.07, 6.45) is 5.94. The minimum absolute atomic E-state index is 0.0143. The van der Waals surface area contributed by atoms with E-state index in [1.165, 1.54) is 11.8 Å². The Hall–Kier alpha value is -1.59. The molecule has 1 saturated heterocycles. The Morgan fingerprint density at radius 2 is 2.17 bits per heavy atom. The first-order valence-corrected chi connectivity index (χ1v) is 9.05. The number of unbranched alkanes of at least 4 members (excludes halogenated alkanes) is 1. The van der Waals surface area contributed by atoms with E-state index in [9.17, 15) is 4.79 Å². The molecule has 3 nitrogen and oxygen atoms in total. The largest absolute Gasteiger partial charge is 0.485 e. The summed E-state index contributed by atoms with van der Waals surface area (Å²) in [6, 6.07) is 7.92. The Labute approximate surface area is 146 Å². The number of hydrogen-bond donors (Lipinski definition) is 0. The molecule has 2 aliphatic rings. The van der Waals surface area contributed by atoms with Crippen molar-refractivity contribution in [3.8, 4) is 5.75 Å². The summed E-state index contributed by atoms with van der Waals surface area (Å²) >= 11 is 6.73. The first-order chi connectivity index (χ1) is 11.1. The molecule has 0 aliphatic carbocycles. The monoisotopic (exact) mass is 345 g/mol. The van der Waals surface area contributed by atoms with Crippen molar-refractivity contribution in [3.05, 3.63) is 46.4 Å². The molecule has 1 fully saturated rings. The minimum atomic E-state index is -0.0796. The number of carbonyl (C=O) groups is 1. The van der Waals surface area contributed by atoms with Crippen molar-refractivity contribution in [3.63, 3.8) is 0 Å². The average molecular weight is 345 g/mol. The van der Waals surface area contributed by atoms with E-state index in [1.54, 1.807) is 4.90 Å². The highest BCUT2D eigenvalue weighted by molar-refractivity contribution is 8.26. The fraction of sp³-hybridized carbons (Fsp3) is 0.333. The zero-order valence-electron chi connectivity index (χ0n) is 13.2. The quantitative estimate of drug-likeness (QED) is 0.598. The van der Waals surface area contributed by atoms with E-state index >= 15 is 0 Å². The van der Waals surface area contributed by atoms with Gasteiger partial charge < -0.3 is 4.74 Å². The van der Waals surface area contributed by atoms with Gasteiger partial charge in [0, 0.05) is 12.1 Å². The fourth-order valence-electron chi connectivity index (χ4n) is 2.58. The molecule has 1 atom stereocenters. The second kappa shape index (κ2) is 6.89. The molecule has 1 amide bonds. The molecule has 120 valence electrons. The lowest BCUT2D eigenvalue weighted by Gasteiger charge is -2.23. The summed E-state index contributed by atoms with van der Waals surface area (Å²) in [6.45, 7) is 4.80. The molecule has 0 bridgehead atoms. The van der Waals surface area contributed by atoms with Gasteiger partial charge in [0.15, 0.2) is 0 Å². The number of carbonyl (C=O) groups excluding carboxylic acids is 1. The van der Waals surface area contributed by atoms with Crippen LogP contribution in [-0.2, 0) is 4.79 Å². The number of ether oxygens (including phenoxy) is 1. The third-order valence-corrected chi connectivity index (χ3v) is 5.30. The molecule has 0 spiro atoms. The highest BCUT2D eigenvalue weighted by Gasteiger charge is 2.32. The van der Waals surface area contributed by atoms with Crippen molar-refractivity contribution in [1.29, 1.82) is 0 Å². The Balaban J connectivity index is 1.86. The van der Waals surface area contributed by atoms with Crippen LogP contribution in [0.3, 0.4) is 0 Å². The summed E-state index contributed by atoms with van der Waals surface area (Å²) in [5, 5.41) is 0. The molecule has 2 aliphatic heterocycles. The van der Waals surface area contributed by atoms with Crippen LogP contribution in [0.1, 0.15) is 32.3 Å². The molecule has 23 heavy (non-hydrogen) atoms. The molecule has 1 aromatic carbocycles. The normalized spacial score (nSPS) is 22.2. The molecule has 0 saturated carbocycles. The number of thioether (sulfide) groups is 1. The van der Waals surface area contributed by atoms with Gasteiger partial charge in [0.25, 0.3) is 5.91 Å². The van der Waals surface area contributed by atoms with Gasteiger partial charge in [0.05, 0.1) is 4.91 Å². The number of benzene rings is 1. The van der Waals surface area contributed by atoms with E-state index in [0.29, 0.717) is 15.8 Å².